The highest BCUT2D eigenvalue weighted by atomic mass is 16.5. The molecule has 0 N–H and O–H groups in total. The lowest BCUT2D eigenvalue weighted by atomic mass is 10.1. The molecule has 0 saturated heterocycles. The van der Waals surface area contributed by atoms with Crippen LogP contribution in [0.3, 0.4) is 0 Å². The Hall–Kier alpha value is -1.33. The lowest BCUT2D eigenvalue weighted by molar-refractivity contribution is 0.0741. The van der Waals surface area contributed by atoms with Gasteiger partial charge in [0.05, 0.1) is 0 Å². The van der Waals surface area contributed by atoms with E-state index in [4.69, 9.17) is 4.74 Å². The van der Waals surface area contributed by atoms with Gasteiger partial charge in [0.1, 0.15) is 11.3 Å². The molecular formula is C14H19NO. The maximum absolute atomic E-state index is 5.24. The molecule has 1 aromatic heterocycles. The van der Waals surface area contributed by atoms with Crippen LogP contribution in [0.1, 0.15) is 45.0 Å². The van der Waals surface area contributed by atoms with E-state index in [1.807, 2.05) is 32.0 Å². The van der Waals surface area contributed by atoms with Gasteiger partial charge in [-0.05, 0) is 37.8 Å². The zero-order valence-corrected chi connectivity index (χ0v) is 10.7. The highest BCUT2D eigenvalue weighted by Crippen LogP contribution is 2.11. The van der Waals surface area contributed by atoms with Crippen molar-refractivity contribution in [1.82, 2.24) is 4.98 Å². The molecule has 0 unspecified atom stereocenters. The number of methoxy groups -OCH3 is 1. The van der Waals surface area contributed by atoms with Gasteiger partial charge in [0, 0.05) is 12.8 Å². The molecule has 0 saturated carbocycles. The van der Waals surface area contributed by atoms with Gasteiger partial charge in [-0.2, -0.15) is 0 Å². The fourth-order valence-electron chi connectivity index (χ4n) is 1.11. The van der Waals surface area contributed by atoms with E-state index in [2.05, 4.69) is 30.7 Å². The average molecular weight is 217 g/mol. The Bertz CT molecular complexity index is 410. The van der Waals surface area contributed by atoms with E-state index in [1.54, 1.807) is 7.11 Å². The van der Waals surface area contributed by atoms with E-state index in [0.717, 1.165) is 11.4 Å². The molecule has 0 bridgehead atoms. The largest absolute Gasteiger partial charge is 0.366 e. The molecule has 0 aliphatic rings. The SMILES string of the molecule is COC(C)(C)C#Cc1cccc(C(C)C)n1. The lowest BCUT2D eigenvalue weighted by Gasteiger charge is -2.14. The Morgan fingerprint density at radius 3 is 2.56 bits per heavy atom. The van der Waals surface area contributed by atoms with Crippen molar-refractivity contribution >= 4 is 0 Å². The van der Waals surface area contributed by atoms with Crippen molar-refractivity contribution in [2.75, 3.05) is 7.11 Å². The molecule has 16 heavy (non-hydrogen) atoms. The maximum Gasteiger partial charge on any atom is 0.123 e. The van der Waals surface area contributed by atoms with Gasteiger partial charge in [0.15, 0.2) is 0 Å². The lowest BCUT2D eigenvalue weighted by Crippen LogP contribution is -2.19. The van der Waals surface area contributed by atoms with E-state index < -0.39 is 5.60 Å². The minimum Gasteiger partial charge on any atom is -0.366 e. The van der Waals surface area contributed by atoms with Gasteiger partial charge < -0.3 is 4.74 Å². The molecule has 1 aromatic rings. The molecule has 1 heterocycles. The Morgan fingerprint density at radius 1 is 1.31 bits per heavy atom. The second-order valence-corrected chi connectivity index (χ2v) is 4.57. The summed E-state index contributed by atoms with van der Waals surface area (Å²) in [5.41, 5.74) is 1.45. The van der Waals surface area contributed by atoms with Crippen LogP contribution in [0.4, 0.5) is 0 Å². The second kappa shape index (κ2) is 5.14. The van der Waals surface area contributed by atoms with Crippen LogP contribution in [-0.4, -0.2) is 17.7 Å². The smallest absolute Gasteiger partial charge is 0.123 e. The molecule has 0 aliphatic heterocycles. The first kappa shape index (κ1) is 12.7. The van der Waals surface area contributed by atoms with Crippen LogP contribution in [0.25, 0.3) is 0 Å². The highest BCUT2D eigenvalue weighted by molar-refractivity contribution is 5.31. The van der Waals surface area contributed by atoms with E-state index in [1.165, 1.54) is 0 Å². The Labute approximate surface area is 98.0 Å². The van der Waals surface area contributed by atoms with Crippen molar-refractivity contribution in [2.24, 2.45) is 0 Å². The predicted octanol–water partition coefficient (Wildman–Crippen LogP) is 2.98. The molecule has 0 amide bonds. The normalized spacial score (nSPS) is 11.1. The average Bonchev–Trinajstić information content (AvgIpc) is 2.27. The Kier molecular flexibility index (Phi) is 4.09. The van der Waals surface area contributed by atoms with Crippen LogP contribution >= 0.6 is 0 Å². The van der Waals surface area contributed by atoms with Crippen molar-refractivity contribution in [3.8, 4) is 11.8 Å². The van der Waals surface area contributed by atoms with Crippen LogP contribution in [0, 0.1) is 11.8 Å². The van der Waals surface area contributed by atoms with Crippen molar-refractivity contribution in [2.45, 2.75) is 39.2 Å². The van der Waals surface area contributed by atoms with Gasteiger partial charge in [0.2, 0.25) is 0 Å². The predicted molar refractivity (Wildman–Crippen MR) is 66.3 cm³/mol. The molecule has 1 rings (SSSR count). The van der Waals surface area contributed by atoms with Gasteiger partial charge in [-0.15, -0.1) is 0 Å². The summed E-state index contributed by atoms with van der Waals surface area (Å²) in [6.45, 7) is 8.12. The number of hydrogen-bond acceptors (Lipinski definition) is 2. The van der Waals surface area contributed by atoms with Gasteiger partial charge in [0.25, 0.3) is 0 Å². The highest BCUT2D eigenvalue weighted by Gasteiger charge is 2.10. The van der Waals surface area contributed by atoms with Gasteiger partial charge >= 0.3 is 0 Å². The summed E-state index contributed by atoms with van der Waals surface area (Å²) in [7, 11) is 1.66. The number of rotatable bonds is 2. The maximum atomic E-state index is 5.24. The van der Waals surface area contributed by atoms with Gasteiger partial charge in [-0.3, -0.25) is 0 Å². The Morgan fingerprint density at radius 2 is 2.00 bits per heavy atom. The molecule has 0 spiro atoms. The fraction of sp³-hybridized carbons (Fsp3) is 0.500. The standard InChI is InChI=1S/C14H19NO/c1-11(2)13-8-6-7-12(15-13)9-10-14(3,4)16-5/h6-8,11H,1-5H3. The first-order chi connectivity index (χ1) is 7.44. The molecular weight excluding hydrogens is 198 g/mol. The summed E-state index contributed by atoms with van der Waals surface area (Å²) >= 11 is 0. The van der Waals surface area contributed by atoms with Crippen LogP contribution in [0.5, 0.6) is 0 Å². The van der Waals surface area contributed by atoms with Gasteiger partial charge in [-0.1, -0.05) is 25.8 Å². The van der Waals surface area contributed by atoms with Crippen molar-refractivity contribution in [3.63, 3.8) is 0 Å². The molecule has 0 aromatic carbocycles. The molecule has 2 heteroatoms. The second-order valence-electron chi connectivity index (χ2n) is 4.57. The third-order valence-corrected chi connectivity index (χ3v) is 2.36. The van der Waals surface area contributed by atoms with E-state index in [9.17, 15) is 0 Å². The first-order valence-electron chi connectivity index (χ1n) is 5.50. The quantitative estimate of drug-likeness (QED) is 0.710. The monoisotopic (exact) mass is 217 g/mol. The third-order valence-electron chi connectivity index (χ3n) is 2.36. The number of nitrogens with zero attached hydrogens (tertiary/aromatic N) is 1. The minimum atomic E-state index is -0.421. The number of pyridine rings is 1. The van der Waals surface area contributed by atoms with Crippen molar-refractivity contribution < 1.29 is 4.74 Å². The fourth-order valence-corrected chi connectivity index (χ4v) is 1.11. The molecule has 0 aliphatic carbocycles. The Balaban J connectivity index is 2.94. The topological polar surface area (TPSA) is 22.1 Å². The zero-order chi connectivity index (χ0) is 12.2. The molecule has 2 nitrogen and oxygen atoms in total. The summed E-state index contributed by atoms with van der Waals surface area (Å²) in [5.74, 6) is 6.53. The van der Waals surface area contributed by atoms with Crippen LogP contribution < -0.4 is 0 Å². The number of ether oxygens (including phenoxy) is 1. The first-order valence-corrected chi connectivity index (χ1v) is 5.50. The molecule has 86 valence electrons. The molecule has 0 atom stereocenters. The zero-order valence-electron chi connectivity index (χ0n) is 10.7. The molecule has 0 radical (unpaired) electrons. The van der Waals surface area contributed by atoms with Crippen molar-refractivity contribution in [1.29, 1.82) is 0 Å². The summed E-state index contributed by atoms with van der Waals surface area (Å²) in [4.78, 5) is 4.48. The molecule has 0 fully saturated rings. The van der Waals surface area contributed by atoms with E-state index in [-0.39, 0.29) is 0 Å². The van der Waals surface area contributed by atoms with Crippen LogP contribution in [0.2, 0.25) is 0 Å². The minimum absolute atomic E-state index is 0.421. The van der Waals surface area contributed by atoms with E-state index in [0.29, 0.717) is 5.92 Å². The third kappa shape index (κ3) is 3.67. The van der Waals surface area contributed by atoms with Crippen molar-refractivity contribution in [3.05, 3.63) is 29.6 Å². The van der Waals surface area contributed by atoms with Crippen LogP contribution in [0.15, 0.2) is 18.2 Å². The van der Waals surface area contributed by atoms with E-state index >= 15 is 0 Å². The summed E-state index contributed by atoms with van der Waals surface area (Å²) in [5, 5.41) is 0. The van der Waals surface area contributed by atoms with Gasteiger partial charge in [-0.25, -0.2) is 4.98 Å². The number of aromatic nitrogens is 1. The number of hydrogen-bond donors (Lipinski definition) is 0. The summed E-state index contributed by atoms with van der Waals surface area (Å²) in [6, 6.07) is 5.94. The summed E-state index contributed by atoms with van der Waals surface area (Å²) < 4.78 is 5.24. The summed E-state index contributed by atoms with van der Waals surface area (Å²) in [6.07, 6.45) is 0. The van der Waals surface area contributed by atoms with Crippen LogP contribution in [-0.2, 0) is 4.74 Å².